The molecule has 0 bridgehead atoms. The predicted octanol–water partition coefficient (Wildman–Crippen LogP) is 2.76. The molecule has 2 heterocycles. The second kappa shape index (κ2) is 9.30. The first-order chi connectivity index (χ1) is 14.4. The van der Waals surface area contributed by atoms with Crippen molar-refractivity contribution in [1.82, 2.24) is 4.57 Å². The molecule has 2 aromatic rings. The van der Waals surface area contributed by atoms with Gasteiger partial charge in [-0.05, 0) is 44.9 Å². The van der Waals surface area contributed by atoms with Crippen molar-refractivity contribution in [3.63, 3.8) is 0 Å². The van der Waals surface area contributed by atoms with E-state index in [1.165, 1.54) is 22.0 Å². The molecule has 7 nitrogen and oxygen atoms in total. The molecule has 30 heavy (non-hydrogen) atoms. The topological polar surface area (TPSA) is 90.1 Å². The van der Waals surface area contributed by atoms with Crippen LogP contribution in [0, 0.1) is 0 Å². The lowest BCUT2D eigenvalue weighted by atomic mass is 9.96. The largest absolute Gasteiger partial charge is 0.504 e. The van der Waals surface area contributed by atoms with Gasteiger partial charge in [0.1, 0.15) is 6.04 Å². The van der Waals surface area contributed by atoms with Crippen molar-refractivity contribution < 1.29 is 19.4 Å². The Labute approximate surface area is 178 Å². The van der Waals surface area contributed by atoms with E-state index < -0.39 is 12.0 Å². The summed E-state index contributed by atoms with van der Waals surface area (Å²) in [6.07, 6.45) is 3.64. The maximum atomic E-state index is 12.9. The summed E-state index contributed by atoms with van der Waals surface area (Å²) in [6, 6.07) is 4.22. The van der Waals surface area contributed by atoms with E-state index >= 15 is 0 Å². The predicted molar refractivity (Wildman–Crippen MR) is 116 cm³/mol. The van der Waals surface area contributed by atoms with Gasteiger partial charge in [-0.25, -0.2) is 9.79 Å². The number of hydrogen-bond acceptors (Lipinski definition) is 7. The molecule has 0 spiro atoms. The fraction of sp³-hybridized carbons (Fsp3) is 0.409. The number of esters is 1. The Morgan fingerprint density at radius 1 is 1.30 bits per heavy atom. The normalized spacial score (nSPS) is 16.3. The molecular weight excluding hydrogens is 404 g/mol. The Morgan fingerprint density at radius 2 is 2.07 bits per heavy atom. The molecule has 0 saturated carbocycles. The molecule has 1 aliphatic rings. The van der Waals surface area contributed by atoms with Gasteiger partial charge in [-0.15, -0.1) is 0 Å². The zero-order valence-corrected chi connectivity index (χ0v) is 18.4. The van der Waals surface area contributed by atoms with Crippen LogP contribution >= 0.6 is 11.3 Å². The lowest BCUT2D eigenvalue weighted by molar-refractivity contribution is -0.138. The number of benzene rings is 1. The quantitative estimate of drug-likeness (QED) is 0.682. The van der Waals surface area contributed by atoms with Gasteiger partial charge >= 0.3 is 5.97 Å². The Balaban J connectivity index is 2.25. The molecule has 8 heteroatoms. The van der Waals surface area contributed by atoms with E-state index in [2.05, 4.69) is 0 Å². The molecule has 3 rings (SSSR count). The van der Waals surface area contributed by atoms with Crippen LogP contribution in [0.3, 0.4) is 0 Å². The molecule has 1 aromatic carbocycles. The van der Waals surface area contributed by atoms with E-state index in [9.17, 15) is 14.7 Å². The van der Waals surface area contributed by atoms with E-state index in [0.29, 0.717) is 38.5 Å². The van der Waals surface area contributed by atoms with Gasteiger partial charge in [-0.3, -0.25) is 9.36 Å². The fourth-order valence-corrected chi connectivity index (χ4v) is 4.39. The second-order valence-electron chi connectivity index (χ2n) is 6.79. The third-order valence-electron chi connectivity index (χ3n) is 4.76. The summed E-state index contributed by atoms with van der Waals surface area (Å²) in [7, 11) is 0. The van der Waals surface area contributed by atoms with Crippen LogP contribution in [0.5, 0.6) is 11.5 Å². The highest BCUT2D eigenvalue weighted by Gasteiger charge is 2.31. The Bertz CT molecular complexity index is 1160. The van der Waals surface area contributed by atoms with Crippen LogP contribution in [0.1, 0.15) is 52.1 Å². The zero-order valence-electron chi connectivity index (χ0n) is 17.6. The maximum absolute atomic E-state index is 12.9. The van der Waals surface area contributed by atoms with Crippen LogP contribution in [0.15, 0.2) is 33.6 Å². The average molecular weight is 431 g/mol. The van der Waals surface area contributed by atoms with Crippen molar-refractivity contribution in [3.05, 3.63) is 49.0 Å². The number of ether oxygens (including phenoxy) is 2. The summed E-state index contributed by atoms with van der Waals surface area (Å²) in [5, 5.41) is 10.0. The number of hydrogen-bond donors (Lipinski definition) is 1. The number of unbranched alkanes of at least 4 members (excludes halogenated alkanes) is 1. The first kappa shape index (κ1) is 21.8. The van der Waals surface area contributed by atoms with Gasteiger partial charge in [-0.2, -0.15) is 0 Å². The zero-order chi connectivity index (χ0) is 21.8. The Hall–Kier alpha value is -2.87. The molecular formula is C22H26N2O5S. The number of carbonyl (C=O) groups is 1. The van der Waals surface area contributed by atoms with Crippen molar-refractivity contribution in [1.29, 1.82) is 0 Å². The molecule has 1 aromatic heterocycles. The molecule has 0 aliphatic carbocycles. The number of allylic oxidation sites excluding steroid dienone is 1. The number of rotatable bonds is 7. The van der Waals surface area contributed by atoms with Crippen LogP contribution in [0.2, 0.25) is 0 Å². The van der Waals surface area contributed by atoms with Crippen LogP contribution in [-0.4, -0.2) is 28.9 Å². The Morgan fingerprint density at radius 3 is 2.73 bits per heavy atom. The van der Waals surface area contributed by atoms with Gasteiger partial charge in [0, 0.05) is 5.70 Å². The van der Waals surface area contributed by atoms with Crippen LogP contribution in [0.4, 0.5) is 0 Å². The smallest absolute Gasteiger partial charge is 0.338 e. The lowest BCUT2D eigenvalue weighted by Crippen LogP contribution is -2.35. The number of phenols is 1. The highest BCUT2D eigenvalue weighted by atomic mass is 32.1. The van der Waals surface area contributed by atoms with Crippen molar-refractivity contribution in [2.24, 2.45) is 4.99 Å². The number of aromatic nitrogens is 1. The molecule has 1 aliphatic heterocycles. The molecule has 1 N–H and O–H groups in total. The summed E-state index contributed by atoms with van der Waals surface area (Å²) >= 11 is 1.31. The summed E-state index contributed by atoms with van der Waals surface area (Å²) in [6.45, 7) is 7.94. The number of nitrogens with zero attached hydrogens (tertiary/aromatic N) is 2. The summed E-state index contributed by atoms with van der Waals surface area (Å²) in [5.74, 6) is -0.186. The minimum Gasteiger partial charge on any atom is -0.504 e. The van der Waals surface area contributed by atoms with Crippen LogP contribution in [0.25, 0.3) is 11.8 Å². The SMILES string of the molecule is CCC/C=c1\sc2n(c1=O)C(C)=C(C(=O)OCC)[C@@H](c1ccc(O)c(OCC)c1)N=2. The molecule has 160 valence electrons. The highest BCUT2D eigenvalue weighted by molar-refractivity contribution is 7.07. The number of fused-ring (bicyclic) bond motifs is 1. The fourth-order valence-electron chi connectivity index (χ4n) is 3.34. The summed E-state index contributed by atoms with van der Waals surface area (Å²) < 4.78 is 12.9. The monoisotopic (exact) mass is 430 g/mol. The summed E-state index contributed by atoms with van der Waals surface area (Å²) in [5.41, 5.74) is 1.31. The highest BCUT2D eigenvalue weighted by Crippen LogP contribution is 2.36. The van der Waals surface area contributed by atoms with Gasteiger partial charge in [-0.1, -0.05) is 36.8 Å². The number of carbonyl (C=O) groups excluding carboxylic acids is 1. The van der Waals surface area contributed by atoms with E-state index in [4.69, 9.17) is 14.5 Å². The van der Waals surface area contributed by atoms with E-state index in [1.807, 2.05) is 19.9 Å². The number of thiazole rings is 1. The molecule has 0 radical (unpaired) electrons. The minimum absolute atomic E-state index is 0.0132. The molecule has 0 unspecified atom stereocenters. The number of phenolic OH excluding ortho intramolecular Hbond substituents is 1. The molecule has 0 amide bonds. The molecule has 0 saturated heterocycles. The first-order valence-corrected chi connectivity index (χ1v) is 10.9. The van der Waals surface area contributed by atoms with Gasteiger partial charge in [0.15, 0.2) is 16.3 Å². The van der Waals surface area contributed by atoms with Crippen LogP contribution in [-0.2, 0) is 9.53 Å². The van der Waals surface area contributed by atoms with Crippen LogP contribution < -0.4 is 19.6 Å². The maximum Gasteiger partial charge on any atom is 0.338 e. The number of aromatic hydroxyl groups is 1. The van der Waals surface area contributed by atoms with E-state index in [0.717, 1.165) is 12.8 Å². The van der Waals surface area contributed by atoms with Crippen molar-refractivity contribution in [2.45, 2.75) is 46.6 Å². The van der Waals surface area contributed by atoms with Gasteiger partial charge < -0.3 is 14.6 Å². The van der Waals surface area contributed by atoms with Gasteiger partial charge in [0.2, 0.25) is 0 Å². The standard InChI is InChI=1S/C22H26N2O5S/c1-5-8-9-17-20(26)24-13(4)18(21(27)29-7-3)19(23-22(24)30-17)14-10-11-15(25)16(12-14)28-6-2/h9-12,19,25H,5-8H2,1-4H3/b17-9-/t19-/m1/s1. The van der Waals surface area contributed by atoms with Gasteiger partial charge in [0.05, 0.1) is 23.3 Å². The first-order valence-electron chi connectivity index (χ1n) is 10.1. The van der Waals surface area contributed by atoms with E-state index in [1.54, 1.807) is 26.0 Å². The second-order valence-corrected chi connectivity index (χ2v) is 7.80. The average Bonchev–Trinajstić information content (AvgIpc) is 3.04. The molecule has 1 atom stereocenters. The lowest BCUT2D eigenvalue weighted by Gasteiger charge is -2.22. The summed E-state index contributed by atoms with van der Waals surface area (Å²) in [4.78, 5) is 31.0. The third kappa shape index (κ3) is 4.05. The third-order valence-corrected chi connectivity index (χ3v) is 5.79. The van der Waals surface area contributed by atoms with Crippen molar-refractivity contribution >= 4 is 29.1 Å². The minimum atomic E-state index is -0.666. The van der Waals surface area contributed by atoms with Crippen molar-refractivity contribution in [3.8, 4) is 11.5 Å². The van der Waals surface area contributed by atoms with Crippen molar-refractivity contribution in [2.75, 3.05) is 13.2 Å². The Kier molecular flexibility index (Phi) is 6.77. The van der Waals surface area contributed by atoms with E-state index in [-0.39, 0.29) is 17.9 Å². The molecule has 0 fully saturated rings. The van der Waals surface area contributed by atoms with Gasteiger partial charge in [0.25, 0.3) is 5.56 Å².